The molecule has 2 amide bonds. The Morgan fingerprint density at radius 3 is 2.31 bits per heavy atom. The summed E-state index contributed by atoms with van der Waals surface area (Å²) in [6.45, 7) is 7.43. The maximum absolute atomic E-state index is 14.4. The first kappa shape index (κ1) is 26.3. The first-order valence-corrected chi connectivity index (χ1v) is 12.1. The molecule has 0 aliphatic carbocycles. The number of carbonyl (C=O) groups excluding carboxylic acids is 2. The zero-order chi connectivity index (χ0) is 25.4. The molecule has 0 unspecified atom stereocenters. The molecule has 1 aromatic heterocycles. The van der Waals surface area contributed by atoms with Crippen molar-refractivity contribution in [2.24, 2.45) is 11.8 Å². The van der Waals surface area contributed by atoms with E-state index in [1.807, 2.05) is 17.8 Å². The van der Waals surface area contributed by atoms with E-state index in [-0.39, 0.29) is 11.7 Å². The van der Waals surface area contributed by atoms with Gasteiger partial charge in [0.25, 0.3) is 5.91 Å². The molecule has 1 aliphatic heterocycles. The number of nitrogens with zero attached hydrogens (tertiary/aromatic N) is 3. The number of carbonyl (C=O) groups is 2. The second kappa shape index (κ2) is 12.4. The number of hydrogen-bond donors (Lipinski definition) is 2. The molecule has 0 atom stereocenters. The normalized spacial score (nSPS) is 14.2. The summed E-state index contributed by atoms with van der Waals surface area (Å²) in [5.41, 5.74) is 4.49. The largest absolute Gasteiger partial charge is 0.493 e. The summed E-state index contributed by atoms with van der Waals surface area (Å²) >= 11 is 0. The monoisotopic (exact) mass is 489 g/mol. The minimum absolute atomic E-state index is 0.0188. The molecule has 2 aromatic rings. The van der Waals surface area contributed by atoms with Crippen LogP contribution in [0.15, 0.2) is 24.5 Å². The van der Waals surface area contributed by atoms with E-state index in [1.165, 1.54) is 0 Å². The van der Waals surface area contributed by atoms with Crippen LogP contribution in [0.3, 0.4) is 0 Å². The fourth-order valence-electron chi connectivity index (χ4n) is 3.85. The van der Waals surface area contributed by atoms with E-state index >= 15 is 0 Å². The van der Waals surface area contributed by atoms with E-state index in [0.717, 1.165) is 68.8 Å². The summed E-state index contributed by atoms with van der Waals surface area (Å²) in [6, 6.07) is 1.95. The van der Waals surface area contributed by atoms with Gasteiger partial charge in [-0.05, 0) is 43.6 Å². The van der Waals surface area contributed by atoms with Crippen molar-refractivity contribution in [1.29, 1.82) is 0 Å². The van der Waals surface area contributed by atoms with Crippen LogP contribution in [-0.4, -0.2) is 41.5 Å². The van der Waals surface area contributed by atoms with Gasteiger partial charge in [-0.3, -0.25) is 20.4 Å². The summed E-state index contributed by atoms with van der Waals surface area (Å²) in [4.78, 5) is 34.7. The number of amides is 2. The molecule has 1 aliphatic rings. The van der Waals surface area contributed by atoms with Gasteiger partial charge in [0.15, 0.2) is 0 Å². The average molecular weight is 490 g/mol. The zero-order valence-electron chi connectivity index (χ0n) is 20.4. The lowest BCUT2D eigenvalue weighted by molar-refractivity contribution is -0.124. The number of hydrogen-bond acceptors (Lipinski definition) is 6. The van der Waals surface area contributed by atoms with Crippen LogP contribution in [0.4, 0.5) is 14.7 Å². The molecule has 35 heavy (non-hydrogen) atoms. The molecule has 8 nitrogen and oxygen atoms in total. The molecule has 2 heterocycles. The van der Waals surface area contributed by atoms with Crippen molar-refractivity contribution in [3.8, 4) is 5.75 Å². The van der Waals surface area contributed by atoms with Gasteiger partial charge in [-0.1, -0.05) is 20.8 Å². The fraction of sp³-hybridized carbons (Fsp3) is 0.520. The lowest BCUT2D eigenvalue weighted by Crippen LogP contribution is -2.44. The first-order chi connectivity index (χ1) is 16.8. The van der Waals surface area contributed by atoms with Crippen molar-refractivity contribution >= 4 is 17.8 Å². The highest BCUT2D eigenvalue weighted by Gasteiger charge is 2.22. The maximum atomic E-state index is 14.4. The molecule has 1 saturated heterocycles. The molecule has 190 valence electrons. The van der Waals surface area contributed by atoms with Gasteiger partial charge in [-0.25, -0.2) is 18.7 Å². The van der Waals surface area contributed by atoms with E-state index < -0.39 is 29.0 Å². The van der Waals surface area contributed by atoms with Crippen LogP contribution in [0.5, 0.6) is 5.75 Å². The predicted octanol–water partition coefficient (Wildman–Crippen LogP) is 3.81. The Bertz CT molecular complexity index is 986. The summed E-state index contributed by atoms with van der Waals surface area (Å²) < 4.78 is 34.2. The number of anilines is 1. The smallest absolute Gasteiger partial charge is 0.275 e. The first-order valence-electron chi connectivity index (χ1n) is 12.1. The molecular weight excluding hydrogens is 456 g/mol. The van der Waals surface area contributed by atoms with Gasteiger partial charge >= 0.3 is 0 Å². The molecule has 0 saturated carbocycles. The van der Waals surface area contributed by atoms with Crippen LogP contribution in [0, 0.1) is 23.5 Å². The van der Waals surface area contributed by atoms with Crippen molar-refractivity contribution in [1.82, 2.24) is 20.8 Å². The molecule has 1 fully saturated rings. The summed E-state index contributed by atoms with van der Waals surface area (Å²) in [6.07, 6.45) is 8.42. The Morgan fingerprint density at radius 2 is 1.74 bits per heavy atom. The van der Waals surface area contributed by atoms with Crippen molar-refractivity contribution in [2.45, 2.75) is 52.9 Å². The summed E-state index contributed by atoms with van der Waals surface area (Å²) in [7, 11) is 0. The molecule has 1 aromatic carbocycles. The molecule has 2 N–H and O–H groups in total. The van der Waals surface area contributed by atoms with Crippen LogP contribution >= 0.6 is 0 Å². The molecule has 10 heteroatoms. The van der Waals surface area contributed by atoms with Crippen LogP contribution < -0.4 is 20.5 Å². The minimum Gasteiger partial charge on any atom is -0.493 e. The van der Waals surface area contributed by atoms with Gasteiger partial charge in [0, 0.05) is 43.5 Å². The number of ether oxygens (including phenoxy) is 1. The van der Waals surface area contributed by atoms with Crippen LogP contribution in [0.25, 0.3) is 0 Å². The third-order valence-corrected chi connectivity index (χ3v) is 6.09. The van der Waals surface area contributed by atoms with Gasteiger partial charge in [0.05, 0.1) is 6.61 Å². The number of aromatic nitrogens is 2. The van der Waals surface area contributed by atoms with E-state index in [4.69, 9.17) is 4.74 Å². The van der Waals surface area contributed by atoms with Crippen LogP contribution in [0.2, 0.25) is 0 Å². The highest BCUT2D eigenvalue weighted by molar-refractivity contribution is 5.96. The second-order valence-corrected chi connectivity index (χ2v) is 9.03. The van der Waals surface area contributed by atoms with Crippen molar-refractivity contribution in [2.75, 3.05) is 24.6 Å². The van der Waals surface area contributed by atoms with Crippen molar-refractivity contribution in [3.05, 3.63) is 47.3 Å². The van der Waals surface area contributed by atoms with E-state index in [9.17, 15) is 18.4 Å². The lowest BCUT2D eigenvalue weighted by atomic mass is 9.92. The van der Waals surface area contributed by atoms with Gasteiger partial charge in [-0.15, -0.1) is 0 Å². The van der Waals surface area contributed by atoms with Crippen molar-refractivity contribution < 1.29 is 23.1 Å². The topological polar surface area (TPSA) is 96.5 Å². The third kappa shape index (κ3) is 7.34. The van der Waals surface area contributed by atoms with Gasteiger partial charge in [0.1, 0.15) is 22.9 Å². The Balaban J connectivity index is 1.41. The molecule has 0 bridgehead atoms. The number of piperidine rings is 1. The number of benzene rings is 1. The van der Waals surface area contributed by atoms with Crippen molar-refractivity contribution in [3.63, 3.8) is 0 Å². The standard InChI is InChI=1S/C25H33F2N5O3/c1-4-17-14-28-25(29-15-17)32-9-7-18(8-10-32)6-5-11-35-19-12-20(26)22(21(27)13-19)24(34)31-30-23(33)16(2)3/h12-16,18H,4-11H2,1-3H3,(H,30,33)(H,31,34). The number of halogens is 2. The Kier molecular flexibility index (Phi) is 9.33. The van der Waals surface area contributed by atoms with E-state index in [0.29, 0.717) is 12.5 Å². The molecule has 0 spiro atoms. The average Bonchev–Trinajstić information content (AvgIpc) is 2.85. The Labute approximate surface area is 204 Å². The number of hydrazine groups is 1. The number of aryl methyl sites for hydroxylation is 1. The summed E-state index contributed by atoms with van der Waals surface area (Å²) in [5.74, 6) is -2.71. The quantitative estimate of drug-likeness (QED) is 0.411. The van der Waals surface area contributed by atoms with Crippen LogP contribution in [0.1, 0.15) is 62.4 Å². The highest BCUT2D eigenvalue weighted by Crippen LogP contribution is 2.25. The molecule has 0 radical (unpaired) electrons. The van der Waals surface area contributed by atoms with E-state index in [2.05, 4.69) is 27.2 Å². The van der Waals surface area contributed by atoms with Gasteiger partial charge in [0.2, 0.25) is 11.9 Å². The van der Waals surface area contributed by atoms with Crippen LogP contribution in [-0.2, 0) is 11.2 Å². The highest BCUT2D eigenvalue weighted by atomic mass is 19.1. The Hall–Kier alpha value is -3.30. The minimum atomic E-state index is -1.07. The SMILES string of the molecule is CCc1cnc(N2CCC(CCCOc3cc(F)c(C(=O)NNC(=O)C(C)C)c(F)c3)CC2)nc1. The fourth-order valence-corrected chi connectivity index (χ4v) is 3.85. The molecule has 3 rings (SSSR count). The van der Waals surface area contributed by atoms with Gasteiger partial charge in [-0.2, -0.15) is 0 Å². The second-order valence-electron chi connectivity index (χ2n) is 9.03. The number of nitrogens with one attached hydrogen (secondary N) is 2. The zero-order valence-corrected chi connectivity index (χ0v) is 20.4. The summed E-state index contributed by atoms with van der Waals surface area (Å²) in [5, 5.41) is 0. The third-order valence-electron chi connectivity index (χ3n) is 6.09. The Morgan fingerprint density at radius 1 is 1.11 bits per heavy atom. The predicted molar refractivity (Wildman–Crippen MR) is 128 cm³/mol. The molecular formula is C25H33F2N5O3. The van der Waals surface area contributed by atoms with Gasteiger partial charge < -0.3 is 9.64 Å². The lowest BCUT2D eigenvalue weighted by Gasteiger charge is -2.32. The number of rotatable bonds is 9. The van der Waals surface area contributed by atoms with E-state index in [1.54, 1.807) is 13.8 Å². The maximum Gasteiger partial charge on any atom is 0.275 e.